The molecule has 1 saturated heterocycles. The summed E-state index contributed by atoms with van der Waals surface area (Å²) in [4.78, 5) is 24.5. The summed E-state index contributed by atoms with van der Waals surface area (Å²) in [6, 6.07) is 2.67. The number of hydrogen-bond acceptors (Lipinski definition) is 2. The van der Waals surface area contributed by atoms with Gasteiger partial charge in [-0.3, -0.25) is 9.59 Å². The third kappa shape index (κ3) is 4.85. The minimum absolute atomic E-state index is 0.0579. The molecule has 0 aliphatic carbocycles. The van der Waals surface area contributed by atoms with Crippen LogP contribution in [0.25, 0.3) is 0 Å². The monoisotopic (exact) mass is 378 g/mol. The molecule has 1 atom stereocenters. The molecule has 1 aliphatic heterocycles. The van der Waals surface area contributed by atoms with E-state index < -0.39 is 23.7 Å². The SMILES string of the molecule is C[C@H](C(=O)Nc1ccc(Cl)cc1C(F)(F)F)[NH+]1CCC(C(N)=O)CC1. The van der Waals surface area contributed by atoms with Crippen LogP contribution in [0, 0.1) is 5.92 Å². The van der Waals surface area contributed by atoms with Gasteiger partial charge in [0.1, 0.15) is 0 Å². The van der Waals surface area contributed by atoms with E-state index in [0.717, 1.165) is 17.0 Å². The second kappa shape index (κ2) is 7.61. The average molecular weight is 379 g/mol. The molecular weight excluding hydrogens is 359 g/mol. The van der Waals surface area contributed by atoms with Gasteiger partial charge in [-0.15, -0.1) is 0 Å². The molecule has 1 heterocycles. The number of hydrogen-bond donors (Lipinski definition) is 3. The van der Waals surface area contributed by atoms with Crippen LogP contribution in [0.3, 0.4) is 0 Å². The number of quaternary nitrogens is 1. The quantitative estimate of drug-likeness (QED) is 0.742. The fraction of sp³-hybridized carbons (Fsp3) is 0.500. The Bertz CT molecular complexity index is 659. The van der Waals surface area contributed by atoms with Crippen LogP contribution in [-0.4, -0.2) is 30.9 Å². The highest BCUT2D eigenvalue weighted by Gasteiger charge is 2.36. The van der Waals surface area contributed by atoms with Gasteiger partial charge in [-0.05, 0) is 25.1 Å². The topological polar surface area (TPSA) is 76.6 Å². The summed E-state index contributed by atoms with van der Waals surface area (Å²) in [7, 11) is 0. The fourth-order valence-corrected chi connectivity index (χ4v) is 3.16. The van der Waals surface area contributed by atoms with Gasteiger partial charge in [0.2, 0.25) is 5.91 Å². The first kappa shape index (κ1) is 19.5. The lowest BCUT2D eigenvalue weighted by atomic mass is 9.95. The van der Waals surface area contributed by atoms with Crippen molar-refractivity contribution < 1.29 is 27.7 Å². The van der Waals surface area contributed by atoms with Crippen molar-refractivity contribution in [2.75, 3.05) is 18.4 Å². The molecule has 4 N–H and O–H groups in total. The van der Waals surface area contributed by atoms with Crippen LogP contribution in [-0.2, 0) is 15.8 Å². The van der Waals surface area contributed by atoms with Crippen molar-refractivity contribution in [3.05, 3.63) is 28.8 Å². The Kier molecular flexibility index (Phi) is 5.95. The van der Waals surface area contributed by atoms with Crippen LogP contribution in [0.4, 0.5) is 18.9 Å². The molecule has 138 valence electrons. The number of carbonyl (C=O) groups excluding carboxylic acids is 2. The number of primary amides is 1. The van der Waals surface area contributed by atoms with Crippen molar-refractivity contribution in [3.8, 4) is 0 Å². The van der Waals surface area contributed by atoms with E-state index in [0.29, 0.717) is 25.9 Å². The highest BCUT2D eigenvalue weighted by molar-refractivity contribution is 6.30. The van der Waals surface area contributed by atoms with Crippen LogP contribution in [0.1, 0.15) is 25.3 Å². The number of rotatable bonds is 4. The van der Waals surface area contributed by atoms with E-state index in [1.54, 1.807) is 6.92 Å². The highest BCUT2D eigenvalue weighted by Crippen LogP contribution is 2.36. The third-order valence-corrected chi connectivity index (χ3v) is 4.82. The molecule has 1 aliphatic rings. The number of nitrogens with one attached hydrogen (secondary N) is 2. The van der Waals surface area contributed by atoms with E-state index in [4.69, 9.17) is 17.3 Å². The van der Waals surface area contributed by atoms with Gasteiger partial charge in [0.05, 0.1) is 24.3 Å². The molecule has 2 rings (SSSR count). The van der Waals surface area contributed by atoms with Crippen molar-refractivity contribution >= 4 is 29.1 Å². The number of amides is 2. The van der Waals surface area contributed by atoms with Crippen molar-refractivity contribution in [2.24, 2.45) is 11.7 Å². The van der Waals surface area contributed by atoms with E-state index in [1.165, 1.54) is 6.07 Å². The molecule has 1 aromatic carbocycles. The van der Waals surface area contributed by atoms with E-state index in [1.807, 2.05) is 0 Å². The third-order valence-electron chi connectivity index (χ3n) is 4.58. The summed E-state index contributed by atoms with van der Waals surface area (Å²) in [6.45, 7) is 2.78. The second-order valence-corrected chi connectivity index (χ2v) is 6.67. The summed E-state index contributed by atoms with van der Waals surface area (Å²) in [5.74, 6) is -1.07. The number of anilines is 1. The lowest BCUT2D eigenvalue weighted by Gasteiger charge is -2.31. The zero-order valence-electron chi connectivity index (χ0n) is 13.6. The Balaban J connectivity index is 2.06. The Labute approximate surface area is 148 Å². The maximum absolute atomic E-state index is 13.1. The fourth-order valence-electron chi connectivity index (χ4n) is 2.99. The number of alkyl halides is 3. The van der Waals surface area contributed by atoms with Gasteiger partial charge in [0.15, 0.2) is 6.04 Å². The van der Waals surface area contributed by atoms with Crippen LogP contribution >= 0.6 is 11.6 Å². The average Bonchev–Trinajstić information content (AvgIpc) is 2.54. The Morgan fingerprint density at radius 3 is 2.44 bits per heavy atom. The Morgan fingerprint density at radius 2 is 1.92 bits per heavy atom. The van der Waals surface area contributed by atoms with Crippen LogP contribution in [0.15, 0.2) is 18.2 Å². The van der Waals surface area contributed by atoms with E-state index in [-0.39, 0.29) is 22.5 Å². The molecule has 0 unspecified atom stereocenters. The molecule has 2 amide bonds. The molecule has 0 saturated carbocycles. The first-order valence-electron chi connectivity index (χ1n) is 7.91. The predicted octanol–water partition coefficient (Wildman–Crippen LogP) is 1.47. The molecule has 0 bridgehead atoms. The molecule has 25 heavy (non-hydrogen) atoms. The normalized spacial score (nSPS) is 22.3. The summed E-state index contributed by atoms with van der Waals surface area (Å²) in [5, 5.41) is 2.29. The van der Waals surface area contributed by atoms with E-state index in [2.05, 4.69) is 5.32 Å². The summed E-state index contributed by atoms with van der Waals surface area (Å²) < 4.78 is 39.3. The molecule has 0 spiro atoms. The zero-order valence-corrected chi connectivity index (χ0v) is 14.4. The van der Waals surface area contributed by atoms with Crippen LogP contribution in [0.5, 0.6) is 0 Å². The number of carbonyl (C=O) groups is 2. The molecule has 9 heteroatoms. The smallest absolute Gasteiger partial charge is 0.369 e. The van der Waals surface area contributed by atoms with E-state index in [9.17, 15) is 22.8 Å². The maximum Gasteiger partial charge on any atom is 0.418 e. The minimum Gasteiger partial charge on any atom is -0.369 e. The number of nitrogens with two attached hydrogens (primary N) is 1. The predicted molar refractivity (Wildman–Crippen MR) is 87.2 cm³/mol. The first-order chi connectivity index (χ1) is 11.6. The van der Waals surface area contributed by atoms with Gasteiger partial charge < -0.3 is 16.0 Å². The summed E-state index contributed by atoms with van der Waals surface area (Å²) in [5.41, 5.74) is 3.97. The lowest BCUT2D eigenvalue weighted by molar-refractivity contribution is -0.919. The highest BCUT2D eigenvalue weighted by atomic mass is 35.5. The standard InChI is InChI=1S/C16H19ClF3N3O2/c1-9(23-6-4-10(5-7-23)14(21)24)15(25)22-13-3-2-11(17)8-12(13)16(18,19)20/h2-3,8-10H,4-7H2,1H3,(H2,21,24)(H,22,25)/p+1/t9-/m1/s1. The first-order valence-corrected chi connectivity index (χ1v) is 8.29. The number of benzene rings is 1. The van der Waals surface area contributed by atoms with Crippen molar-refractivity contribution in [1.82, 2.24) is 0 Å². The van der Waals surface area contributed by atoms with Gasteiger partial charge in [-0.2, -0.15) is 13.2 Å². The largest absolute Gasteiger partial charge is 0.418 e. The molecule has 0 radical (unpaired) electrons. The zero-order chi connectivity index (χ0) is 18.8. The van der Waals surface area contributed by atoms with Crippen molar-refractivity contribution in [2.45, 2.75) is 32.0 Å². The van der Waals surface area contributed by atoms with Crippen LogP contribution < -0.4 is 16.0 Å². The Morgan fingerprint density at radius 1 is 1.32 bits per heavy atom. The van der Waals surface area contributed by atoms with E-state index >= 15 is 0 Å². The maximum atomic E-state index is 13.1. The van der Waals surface area contributed by atoms with Gasteiger partial charge in [0.25, 0.3) is 5.91 Å². The minimum atomic E-state index is -4.62. The summed E-state index contributed by atoms with van der Waals surface area (Å²) in [6.07, 6.45) is -3.49. The van der Waals surface area contributed by atoms with Crippen molar-refractivity contribution in [1.29, 1.82) is 0 Å². The number of likely N-dealkylation sites (tertiary alicyclic amines) is 1. The molecule has 5 nitrogen and oxygen atoms in total. The van der Waals surface area contributed by atoms with Crippen LogP contribution in [0.2, 0.25) is 5.02 Å². The number of halogens is 4. The van der Waals surface area contributed by atoms with Gasteiger partial charge >= 0.3 is 6.18 Å². The number of piperidine rings is 1. The van der Waals surface area contributed by atoms with Gasteiger partial charge in [-0.25, -0.2) is 0 Å². The molecule has 1 fully saturated rings. The van der Waals surface area contributed by atoms with Crippen molar-refractivity contribution in [3.63, 3.8) is 0 Å². The molecule has 1 aromatic rings. The molecule has 0 aromatic heterocycles. The lowest BCUT2D eigenvalue weighted by Crippen LogP contribution is -3.17. The summed E-state index contributed by atoms with van der Waals surface area (Å²) >= 11 is 5.63. The Hall–Kier alpha value is -1.80. The second-order valence-electron chi connectivity index (χ2n) is 6.23. The molecular formula is C16H20ClF3N3O2+. The van der Waals surface area contributed by atoms with Gasteiger partial charge in [0, 0.05) is 23.8 Å². The van der Waals surface area contributed by atoms with Gasteiger partial charge in [-0.1, -0.05) is 11.6 Å².